The number of carbonyl (C=O) groups is 2. The Bertz CT molecular complexity index is 1710. The zero-order chi connectivity index (χ0) is 32.1. The van der Waals surface area contributed by atoms with Crippen LogP contribution in [-0.4, -0.2) is 73.5 Å². The molecule has 3 aromatic carbocycles. The van der Waals surface area contributed by atoms with E-state index < -0.39 is 17.7 Å². The number of nitrogens with one attached hydrogen (secondary N) is 2. The summed E-state index contributed by atoms with van der Waals surface area (Å²) in [4.78, 5) is 33.1. The second-order valence-electron chi connectivity index (χ2n) is 11.7. The van der Waals surface area contributed by atoms with Gasteiger partial charge in [-0.15, -0.1) is 5.10 Å². The van der Waals surface area contributed by atoms with Crippen LogP contribution in [0.3, 0.4) is 0 Å². The van der Waals surface area contributed by atoms with Gasteiger partial charge in [-0.05, 0) is 52.9 Å². The van der Waals surface area contributed by atoms with Crippen molar-refractivity contribution < 1.29 is 19.4 Å². The molecule has 1 fully saturated rings. The molecule has 1 saturated heterocycles. The molecule has 0 aliphatic carbocycles. The first kappa shape index (κ1) is 31.3. The number of unbranched alkanes of at least 4 members (excludes halogenated alkanes) is 1. The molecule has 3 heterocycles. The van der Waals surface area contributed by atoms with E-state index in [9.17, 15) is 14.7 Å². The Morgan fingerprint density at radius 1 is 1.04 bits per heavy atom. The van der Waals surface area contributed by atoms with Gasteiger partial charge in [-0.3, -0.25) is 9.59 Å². The second kappa shape index (κ2) is 13.7. The SMILES string of the molecule is CCCCC1=Nc2ccccc2C(CCC(=O)OCC)(C2NCC(=O)C2O)N1Cc1ccc(-c2ccccc2-c2nnn[nH]2)cc1. The van der Waals surface area contributed by atoms with Gasteiger partial charge in [0.2, 0.25) is 0 Å². The molecule has 0 spiro atoms. The lowest BCUT2D eigenvalue weighted by atomic mass is 9.73. The first-order valence-electron chi connectivity index (χ1n) is 15.9. The first-order chi connectivity index (χ1) is 22.5. The van der Waals surface area contributed by atoms with Gasteiger partial charge in [0.25, 0.3) is 0 Å². The molecule has 2 aliphatic rings. The predicted molar refractivity (Wildman–Crippen MR) is 174 cm³/mol. The summed E-state index contributed by atoms with van der Waals surface area (Å²) in [7, 11) is 0. The molecule has 46 heavy (non-hydrogen) atoms. The third kappa shape index (κ3) is 5.95. The number of fused-ring (bicyclic) bond motifs is 1. The van der Waals surface area contributed by atoms with Crippen LogP contribution < -0.4 is 5.32 Å². The maximum Gasteiger partial charge on any atom is 0.305 e. The molecule has 0 saturated carbocycles. The topological polar surface area (TPSA) is 146 Å². The van der Waals surface area contributed by atoms with Crippen LogP contribution in [-0.2, 0) is 26.4 Å². The highest BCUT2D eigenvalue weighted by Gasteiger charge is 2.55. The van der Waals surface area contributed by atoms with Crippen LogP contribution in [0.4, 0.5) is 5.69 Å². The minimum atomic E-state index is -1.24. The average Bonchev–Trinajstić information content (AvgIpc) is 3.74. The van der Waals surface area contributed by atoms with Crippen molar-refractivity contribution in [1.29, 1.82) is 0 Å². The molecule has 3 unspecified atom stereocenters. The van der Waals surface area contributed by atoms with E-state index in [4.69, 9.17) is 9.73 Å². The number of para-hydroxylation sites is 1. The van der Waals surface area contributed by atoms with Gasteiger partial charge in [0.05, 0.1) is 30.4 Å². The summed E-state index contributed by atoms with van der Waals surface area (Å²) in [5.41, 5.74) is 4.62. The molecule has 1 aromatic heterocycles. The highest BCUT2D eigenvalue weighted by molar-refractivity contribution is 5.91. The predicted octanol–water partition coefficient (Wildman–Crippen LogP) is 4.71. The van der Waals surface area contributed by atoms with Crippen molar-refractivity contribution in [2.45, 2.75) is 70.2 Å². The fraction of sp³-hybridized carbons (Fsp3) is 0.371. The molecule has 3 N–H and O–H groups in total. The van der Waals surface area contributed by atoms with Crippen molar-refractivity contribution in [2.24, 2.45) is 4.99 Å². The van der Waals surface area contributed by atoms with Gasteiger partial charge in [-0.1, -0.05) is 80.1 Å². The molecule has 2 aliphatic heterocycles. The number of benzene rings is 3. The molecular weight excluding hydrogens is 582 g/mol. The molecular formula is C35H39N7O4. The number of aromatic nitrogens is 4. The van der Waals surface area contributed by atoms with Gasteiger partial charge in [0, 0.05) is 30.5 Å². The number of aliphatic hydroxyl groups excluding tert-OH is 1. The maximum absolute atomic E-state index is 12.9. The average molecular weight is 622 g/mol. The third-order valence-corrected chi connectivity index (χ3v) is 8.97. The lowest BCUT2D eigenvalue weighted by Crippen LogP contribution is -2.63. The molecule has 238 valence electrons. The van der Waals surface area contributed by atoms with E-state index in [1.807, 2.05) is 48.5 Å². The van der Waals surface area contributed by atoms with Gasteiger partial charge in [-0.25, -0.2) is 10.1 Å². The van der Waals surface area contributed by atoms with Crippen molar-refractivity contribution in [3.05, 3.63) is 83.9 Å². The number of Topliss-reactive ketones (excluding diaryl/α,β-unsaturated/α-hetero) is 1. The number of ether oxygens (including phenoxy) is 1. The smallest absolute Gasteiger partial charge is 0.305 e. The molecule has 4 aromatic rings. The Labute approximate surface area is 268 Å². The summed E-state index contributed by atoms with van der Waals surface area (Å²) in [5, 5.41) is 29.1. The lowest BCUT2D eigenvalue weighted by molar-refractivity contribution is -0.144. The van der Waals surface area contributed by atoms with E-state index in [1.54, 1.807) is 6.92 Å². The third-order valence-electron chi connectivity index (χ3n) is 8.97. The number of amidine groups is 1. The molecule has 11 nitrogen and oxygen atoms in total. The number of hydrogen-bond acceptors (Lipinski definition) is 10. The Balaban J connectivity index is 1.44. The van der Waals surface area contributed by atoms with Crippen molar-refractivity contribution in [3.63, 3.8) is 0 Å². The molecule has 0 amide bonds. The normalized spacial score (nSPS) is 20.8. The number of nitrogens with zero attached hydrogens (tertiary/aromatic N) is 5. The minimum absolute atomic E-state index is 0.0548. The van der Waals surface area contributed by atoms with Gasteiger partial charge in [-0.2, -0.15) is 0 Å². The molecule has 11 heteroatoms. The van der Waals surface area contributed by atoms with Crippen molar-refractivity contribution in [3.8, 4) is 22.5 Å². The van der Waals surface area contributed by atoms with Crippen molar-refractivity contribution in [2.75, 3.05) is 13.2 Å². The van der Waals surface area contributed by atoms with Gasteiger partial charge >= 0.3 is 5.97 Å². The largest absolute Gasteiger partial charge is 0.466 e. The fourth-order valence-electron chi connectivity index (χ4n) is 6.79. The Morgan fingerprint density at radius 3 is 2.50 bits per heavy atom. The summed E-state index contributed by atoms with van der Waals surface area (Å²) < 4.78 is 5.36. The van der Waals surface area contributed by atoms with E-state index in [2.05, 4.69) is 62.0 Å². The quantitative estimate of drug-likeness (QED) is 0.192. The van der Waals surface area contributed by atoms with E-state index in [0.717, 1.165) is 52.2 Å². The van der Waals surface area contributed by atoms with E-state index in [0.29, 0.717) is 25.2 Å². The standard InChI is InChI=1S/C35H39N7O4/c1-3-5-14-30-37-28-13-9-8-12-27(28)35(20-19-31(44)46-4-2,33-32(45)29(43)21-36-33)42(30)22-23-15-17-24(18-16-23)25-10-6-7-11-26(25)34-38-40-41-39-34/h6-13,15-18,32-33,36,45H,3-5,14,19-22H2,1-2H3,(H,38,39,40,41). The van der Waals surface area contributed by atoms with Crippen LogP contribution in [0.1, 0.15) is 57.1 Å². The zero-order valence-corrected chi connectivity index (χ0v) is 26.1. The van der Waals surface area contributed by atoms with Crippen molar-refractivity contribution in [1.82, 2.24) is 30.8 Å². The second-order valence-corrected chi connectivity index (χ2v) is 11.7. The highest BCUT2D eigenvalue weighted by atomic mass is 16.5. The zero-order valence-electron chi connectivity index (χ0n) is 26.1. The lowest BCUT2D eigenvalue weighted by Gasteiger charge is -2.53. The van der Waals surface area contributed by atoms with Crippen molar-refractivity contribution >= 4 is 23.3 Å². The number of rotatable bonds is 12. The van der Waals surface area contributed by atoms with E-state index in [-0.39, 0.29) is 31.3 Å². The van der Waals surface area contributed by atoms with Gasteiger partial charge in [0.15, 0.2) is 11.6 Å². The van der Waals surface area contributed by atoms with Gasteiger partial charge in [0.1, 0.15) is 11.9 Å². The fourth-order valence-corrected chi connectivity index (χ4v) is 6.79. The number of esters is 1. The van der Waals surface area contributed by atoms with Crippen LogP contribution in [0, 0.1) is 0 Å². The summed E-state index contributed by atoms with van der Waals surface area (Å²) >= 11 is 0. The van der Waals surface area contributed by atoms with Gasteiger partial charge < -0.3 is 20.1 Å². The molecule has 0 radical (unpaired) electrons. The Hall–Kier alpha value is -4.74. The van der Waals surface area contributed by atoms with Crippen LogP contribution in [0.2, 0.25) is 0 Å². The number of hydrogen-bond donors (Lipinski definition) is 3. The monoisotopic (exact) mass is 621 g/mol. The van der Waals surface area contributed by atoms with Crippen LogP contribution in [0.15, 0.2) is 77.8 Å². The van der Waals surface area contributed by atoms with E-state index in [1.165, 1.54) is 0 Å². The van der Waals surface area contributed by atoms with Crippen LogP contribution in [0.5, 0.6) is 0 Å². The number of aromatic amines is 1. The highest BCUT2D eigenvalue weighted by Crippen LogP contribution is 2.48. The summed E-state index contributed by atoms with van der Waals surface area (Å²) in [6.07, 6.45) is 1.80. The number of carbonyl (C=O) groups excluding carboxylic acids is 2. The number of aliphatic imine (C=N–C) groups is 1. The Kier molecular flexibility index (Phi) is 9.32. The summed E-state index contributed by atoms with van der Waals surface area (Å²) in [5.74, 6) is 0.873. The first-order valence-corrected chi connectivity index (χ1v) is 15.9. The summed E-state index contributed by atoms with van der Waals surface area (Å²) in [6.45, 7) is 4.71. The van der Waals surface area contributed by atoms with Crippen LogP contribution >= 0.6 is 0 Å². The van der Waals surface area contributed by atoms with Crippen LogP contribution in [0.25, 0.3) is 22.5 Å². The molecule has 6 rings (SSSR count). The minimum Gasteiger partial charge on any atom is -0.466 e. The maximum atomic E-state index is 12.9. The number of tetrazole rings is 1. The number of ketones is 1. The number of aliphatic hydroxyl groups is 1. The number of H-pyrrole nitrogens is 1. The molecule has 0 bridgehead atoms. The Morgan fingerprint density at radius 2 is 1.80 bits per heavy atom. The molecule has 3 atom stereocenters. The van der Waals surface area contributed by atoms with E-state index >= 15 is 0 Å². The summed E-state index contributed by atoms with van der Waals surface area (Å²) in [6, 6.07) is 23.5.